The SMILES string of the molecule is CCC1(CCF)c2ccccc2-c2ccccc21. The number of hydrogen-bond donors (Lipinski definition) is 0. The molecule has 0 fully saturated rings. The van der Waals surface area contributed by atoms with Crippen molar-refractivity contribution in [2.45, 2.75) is 25.2 Å². The Hall–Kier alpha value is -1.63. The molecule has 0 aliphatic heterocycles. The van der Waals surface area contributed by atoms with Gasteiger partial charge in [-0.3, -0.25) is 4.39 Å². The lowest BCUT2D eigenvalue weighted by atomic mass is 9.74. The van der Waals surface area contributed by atoms with Crippen LogP contribution in [0.1, 0.15) is 30.9 Å². The zero-order valence-corrected chi connectivity index (χ0v) is 10.6. The Bertz CT molecular complexity index is 526. The van der Waals surface area contributed by atoms with Crippen LogP contribution in [0, 0.1) is 0 Å². The molecule has 3 rings (SSSR count). The third-order valence-electron chi connectivity index (χ3n) is 4.30. The minimum Gasteiger partial charge on any atom is -0.251 e. The fourth-order valence-electron chi connectivity index (χ4n) is 3.40. The first kappa shape index (κ1) is 11.5. The van der Waals surface area contributed by atoms with Gasteiger partial charge in [0, 0.05) is 5.41 Å². The normalized spacial score (nSPS) is 15.2. The Labute approximate surface area is 107 Å². The maximum atomic E-state index is 13.1. The van der Waals surface area contributed by atoms with E-state index in [1.807, 2.05) is 0 Å². The van der Waals surface area contributed by atoms with E-state index in [0.717, 1.165) is 6.42 Å². The lowest BCUT2D eigenvalue weighted by Crippen LogP contribution is -2.24. The quantitative estimate of drug-likeness (QED) is 0.728. The number of rotatable bonds is 3. The molecule has 2 aromatic rings. The minimum atomic E-state index is -0.267. The fourth-order valence-corrected chi connectivity index (χ4v) is 3.40. The highest BCUT2D eigenvalue weighted by molar-refractivity contribution is 5.80. The molecule has 0 amide bonds. The van der Waals surface area contributed by atoms with Crippen LogP contribution in [0.25, 0.3) is 11.1 Å². The predicted octanol–water partition coefficient (Wildman–Crippen LogP) is 4.72. The molecule has 0 saturated heterocycles. The van der Waals surface area contributed by atoms with Crippen molar-refractivity contribution in [3.63, 3.8) is 0 Å². The Morgan fingerprint density at radius 2 is 1.39 bits per heavy atom. The molecule has 92 valence electrons. The van der Waals surface area contributed by atoms with E-state index in [1.165, 1.54) is 22.3 Å². The smallest absolute Gasteiger partial charge is 0.0906 e. The third-order valence-corrected chi connectivity index (χ3v) is 4.30. The molecule has 2 aromatic carbocycles. The van der Waals surface area contributed by atoms with Crippen LogP contribution in [0.15, 0.2) is 48.5 Å². The molecule has 0 bridgehead atoms. The van der Waals surface area contributed by atoms with E-state index in [9.17, 15) is 4.39 Å². The van der Waals surface area contributed by atoms with Crippen LogP contribution in [0.3, 0.4) is 0 Å². The van der Waals surface area contributed by atoms with Crippen LogP contribution in [0.4, 0.5) is 4.39 Å². The van der Waals surface area contributed by atoms with Crippen molar-refractivity contribution in [1.29, 1.82) is 0 Å². The Morgan fingerprint density at radius 1 is 0.889 bits per heavy atom. The second-order valence-corrected chi connectivity index (χ2v) is 4.97. The lowest BCUT2D eigenvalue weighted by Gasteiger charge is -2.29. The highest BCUT2D eigenvalue weighted by Gasteiger charge is 2.40. The molecule has 0 N–H and O–H groups in total. The van der Waals surface area contributed by atoms with Crippen LogP contribution in [-0.2, 0) is 5.41 Å². The molecule has 0 spiro atoms. The molecular weight excluding hydrogens is 223 g/mol. The number of halogens is 1. The van der Waals surface area contributed by atoms with E-state index < -0.39 is 0 Å². The topological polar surface area (TPSA) is 0 Å². The summed E-state index contributed by atoms with van der Waals surface area (Å²) in [6, 6.07) is 16.9. The molecule has 0 aromatic heterocycles. The van der Waals surface area contributed by atoms with Gasteiger partial charge in [-0.15, -0.1) is 0 Å². The van der Waals surface area contributed by atoms with Crippen molar-refractivity contribution in [3.05, 3.63) is 59.7 Å². The first-order valence-corrected chi connectivity index (χ1v) is 6.59. The van der Waals surface area contributed by atoms with E-state index in [-0.39, 0.29) is 12.1 Å². The summed E-state index contributed by atoms with van der Waals surface area (Å²) in [5, 5.41) is 0. The molecule has 0 nitrogen and oxygen atoms in total. The van der Waals surface area contributed by atoms with E-state index in [4.69, 9.17) is 0 Å². The van der Waals surface area contributed by atoms with Gasteiger partial charge in [-0.25, -0.2) is 0 Å². The molecule has 1 aliphatic rings. The standard InChI is InChI=1S/C17H17F/c1-2-17(11-12-18)15-9-5-3-7-13(15)14-8-4-6-10-16(14)17/h3-10H,2,11-12H2,1H3. The molecule has 0 atom stereocenters. The van der Waals surface area contributed by atoms with Gasteiger partial charge in [0.05, 0.1) is 6.67 Å². The molecule has 1 heteroatoms. The molecular formula is C17H17F. The maximum absolute atomic E-state index is 13.1. The molecule has 18 heavy (non-hydrogen) atoms. The summed E-state index contributed by atoms with van der Waals surface area (Å²) in [7, 11) is 0. The average molecular weight is 240 g/mol. The molecule has 0 radical (unpaired) electrons. The van der Waals surface area contributed by atoms with Gasteiger partial charge in [0.25, 0.3) is 0 Å². The van der Waals surface area contributed by atoms with Crippen molar-refractivity contribution in [3.8, 4) is 11.1 Å². The summed E-state index contributed by atoms with van der Waals surface area (Å²) in [4.78, 5) is 0. The van der Waals surface area contributed by atoms with Gasteiger partial charge in [-0.1, -0.05) is 55.5 Å². The second kappa shape index (κ2) is 4.24. The summed E-state index contributed by atoms with van der Waals surface area (Å²) in [6.07, 6.45) is 1.53. The monoisotopic (exact) mass is 240 g/mol. The highest BCUT2D eigenvalue weighted by Crippen LogP contribution is 2.52. The third kappa shape index (κ3) is 1.37. The Balaban J connectivity index is 2.32. The lowest BCUT2D eigenvalue weighted by molar-refractivity contribution is 0.374. The van der Waals surface area contributed by atoms with E-state index in [1.54, 1.807) is 0 Å². The maximum Gasteiger partial charge on any atom is 0.0906 e. The molecule has 0 saturated carbocycles. The van der Waals surface area contributed by atoms with Gasteiger partial charge < -0.3 is 0 Å². The van der Waals surface area contributed by atoms with Gasteiger partial charge in [-0.05, 0) is 35.1 Å². The molecule has 0 unspecified atom stereocenters. The van der Waals surface area contributed by atoms with Gasteiger partial charge >= 0.3 is 0 Å². The highest BCUT2D eigenvalue weighted by atomic mass is 19.1. The van der Waals surface area contributed by atoms with Gasteiger partial charge in [0.2, 0.25) is 0 Å². The van der Waals surface area contributed by atoms with Gasteiger partial charge in [-0.2, -0.15) is 0 Å². The largest absolute Gasteiger partial charge is 0.251 e. The van der Waals surface area contributed by atoms with E-state index in [0.29, 0.717) is 6.42 Å². The van der Waals surface area contributed by atoms with Crippen LogP contribution >= 0.6 is 0 Å². The Morgan fingerprint density at radius 3 is 1.83 bits per heavy atom. The first-order valence-electron chi connectivity index (χ1n) is 6.59. The molecule has 1 aliphatic carbocycles. The fraction of sp³-hybridized carbons (Fsp3) is 0.294. The first-order chi connectivity index (χ1) is 8.83. The van der Waals surface area contributed by atoms with Crippen molar-refractivity contribution in [1.82, 2.24) is 0 Å². The van der Waals surface area contributed by atoms with Crippen LogP contribution < -0.4 is 0 Å². The van der Waals surface area contributed by atoms with Crippen LogP contribution in [0.2, 0.25) is 0 Å². The predicted molar refractivity (Wildman–Crippen MR) is 73.5 cm³/mol. The van der Waals surface area contributed by atoms with Crippen molar-refractivity contribution in [2.24, 2.45) is 0 Å². The number of alkyl halides is 1. The van der Waals surface area contributed by atoms with Crippen LogP contribution in [-0.4, -0.2) is 6.67 Å². The number of hydrogen-bond acceptors (Lipinski definition) is 0. The number of fused-ring (bicyclic) bond motifs is 3. The van der Waals surface area contributed by atoms with Crippen molar-refractivity contribution < 1.29 is 4.39 Å². The number of benzene rings is 2. The van der Waals surface area contributed by atoms with Gasteiger partial charge in [0.1, 0.15) is 0 Å². The Kier molecular flexibility index (Phi) is 2.70. The zero-order valence-electron chi connectivity index (χ0n) is 10.6. The van der Waals surface area contributed by atoms with Crippen molar-refractivity contribution >= 4 is 0 Å². The summed E-state index contributed by atoms with van der Waals surface area (Å²) in [5.41, 5.74) is 5.03. The summed E-state index contributed by atoms with van der Waals surface area (Å²) in [5.74, 6) is 0. The van der Waals surface area contributed by atoms with E-state index >= 15 is 0 Å². The summed E-state index contributed by atoms with van der Waals surface area (Å²) in [6.45, 7) is 1.89. The second-order valence-electron chi connectivity index (χ2n) is 4.97. The molecule has 0 heterocycles. The van der Waals surface area contributed by atoms with Crippen molar-refractivity contribution in [2.75, 3.05) is 6.67 Å². The average Bonchev–Trinajstić information content (AvgIpc) is 2.72. The zero-order chi connectivity index (χ0) is 12.6. The summed E-state index contributed by atoms with van der Waals surface area (Å²) >= 11 is 0. The van der Waals surface area contributed by atoms with Crippen LogP contribution in [0.5, 0.6) is 0 Å². The van der Waals surface area contributed by atoms with E-state index in [2.05, 4.69) is 55.5 Å². The minimum absolute atomic E-state index is 0.123. The summed E-state index contributed by atoms with van der Waals surface area (Å²) < 4.78 is 13.1. The van der Waals surface area contributed by atoms with Gasteiger partial charge in [0.15, 0.2) is 0 Å².